The second-order valence-electron chi connectivity index (χ2n) is 6.36. The lowest BCUT2D eigenvalue weighted by Gasteiger charge is -2.35. The van der Waals surface area contributed by atoms with Crippen molar-refractivity contribution < 1.29 is 33.7 Å². The van der Waals surface area contributed by atoms with Crippen LogP contribution in [0, 0.1) is 0 Å². The molecule has 0 bridgehead atoms. The molecule has 28 heavy (non-hydrogen) atoms. The van der Waals surface area contributed by atoms with Gasteiger partial charge in [-0.3, -0.25) is 9.69 Å². The molecule has 2 amide bonds. The summed E-state index contributed by atoms with van der Waals surface area (Å²) in [5.41, 5.74) is 1.40. The van der Waals surface area contributed by atoms with Crippen LogP contribution in [-0.4, -0.2) is 47.9 Å². The molecular formula is C19H22N2O7. The van der Waals surface area contributed by atoms with Crippen molar-refractivity contribution in [2.45, 2.75) is 32.7 Å². The molecule has 0 radical (unpaired) electrons. The molecule has 1 aromatic carbocycles. The molecule has 0 spiro atoms. The zero-order chi connectivity index (χ0) is 20.3. The number of allylic oxidation sites excluding steroid dienone is 1. The van der Waals surface area contributed by atoms with Crippen LogP contribution in [0.5, 0.6) is 11.5 Å². The molecule has 1 aromatic rings. The molecule has 1 atom stereocenters. The van der Waals surface area contributed by atoms with Crippen molar-refractivity contribution in [3.05, 3.63) is 35.0 Å². The summed E-state index contributed by atoms with van der Waals surface area (Å²) >= 11 is 0. The van der Waals surface area contributed by atoms with Crippen molar-refractivity contribution in [3.8, 4) is 11.5 Å². The summed E-state index contributed by atoms with van der Waals surface area (Å²) in [4.78, 5) is 37.4. The highest BCUT2D eigenvalue weighted by atomic mass is 16.7. The number of urea groups is 1. The summed E-state index contributed by atoms with van der Waals surface area (Å²) in [6, 6.07) is 4.09. The number of carboxylic acids is 1. The summed E-state index contributed by atoms with van der Waals surface area (Å²) in [6.45, 7) is 3.85. The first kappa shape index (κ1) is 19.5. The van der Waals surface area contributed by atoms with Gasteiger partial charge < -0.3 is 24.6 Å². The molecule has 0 aliphatic carbocycles. The first-order valence-electron chi connectivity index (χ1n) is 8.99. The third-order valence-corrected chi connectivity index (χ3v) is 4.59. The Balaban J connectivity index is 1.95. The van der Waals surface area contributed by atoms with Crippen LogP contribution in [0.15, 0.2) is 29.5 Å². The number of amides is 2. The fourth-order valence-electron chi connectivity index (χ4n) is 3.25. The Labute approximate surface area is 161 Å². The Bertz CT molecular complexity index is 834. The van der Waals surface area contributed by atoms with E-state index in [1.165, 1.54) is 4.90 Å². The van der Waals surface area contributed by atoms with E-state index in [9.17, 15) is 14.4 Å². The lowest BCUT2D eigenvalue weighted by molar-refractivity contribution is -0.139. The van der Waals surface area contributed by atoms with Gasteiger partial charge in [-0.25, -0.2) is 9.59 Å². The molecule has 0 saturated carbocycles. The molecule has 0 aromatic heterocycles. The molecule has 2 N–H and O–H groups in total. The number of aliphatic carboxylic acids is 1. The third-order valence-electron chi connectivity index (χ3n) is 4.59. The van der Waals surface area contributed by atoms with Crippen LogP contribution in [0.3, 0.4) is 0 Å². The number of carbonyl (C=O) groups excluding carboxylic acids is 2. The molecule has 9 nitrogen and oxygen atoms in total. The van der Waals surface area contributed by atoms with Gasteiger partial charge in [-0.2, -0.15) is 0 Å². The number of ether oxygens (including phenoxy) is 3. The first-order chi connectivity index (χ1) is 13.4. The van der Waals surface area contributed by atoms with Gasteiger partial charge in [0.15, 0.2) is 11.5 Å². The van der Waals surface area contributed by atoms with E-state index in [1.807, 2.05) is 0 Å². The second-order valence-corrected chi connectivity index (χ2v) is 6.36. The molecule has 2 heterocycles. The van der Waals surface area contributed by atoms with Crippen LogP contribution in [0.1, 0.15) is 38.3 Å². The average molecular weight is 390 g/mol. The SMILES string of the molecule is CCOC(=O)C1=C(C)N(CCCC(=O)O)C(=O)NC1c1ccc2c(c1)OCO2. The standard InChI is InChI=1S/C19H22N2O7/c1-3-26-18(24)16-11(2)21(8-4-5-15(22)23)19(25)20-17(16)12-6-7-13-14(9-12)28-10-27-13/h6-7,9,17H,3-5,8,10H2,1-2H3,(H,20,25)(H,22,23). The van der Waals surface area contributed by atoms with Crippen molar-refractivity contribution in [2.75, 3.05) is 19.9 Å². The van der Waals surface area contributed by atoms with E-state index in [-0.39, 0.29) is 32.8 Å². The smallest absolute Gasteiger partial charge is 0.338 e. The minimum Gasteiger partial charge on any atom is -0.481 e. The number of nitrogens with one attached hydrogen (secondary N) is 1. The Morgan fingerprint density at radius 2 is 2.07 bits per heavy atom. The topological polar surface area (TPSA) is 114 Å². The van der Waals surface area contributed by atoms with Gasteiger partial charge in [0.2, 0.25) is 6.79 Å². The van der Waals surface area contributed by atoms with Gasteiger partial charge in [0.1, 0.15) is 0 Å². The van der Waals surface area contributed by atoms with Gasteiger partial charge in [-0.05, 0) is 38.0 Å². The van der Waals surface area contributed by atoms with Crippen LogP contribution < -0.4 is 14.8 Å². The molecule has 0 saturated heterocycles. The van der Waals surface area contributed by atoms with E-state index in [0.717, 1.165) is 0 Å². The minimum atomic E-state index is -0.942. The molecule has 0 fully saturated rings. The van der Waals surface area contributed by atoms with Crippen LogP contribution in [-0.2, 0) is 14.3 Å². The number of hydrogen-bond donors (Lipinski definition) is 2. The molecular weight excluding hydrogens is 368 g/mol. The maximum absolute atomic E-state index is 12.7. The molecule has 1 unspecified atom stereocenters. The number of rotatable bonds is 7. The predicted molar refractivity (Wildman–Crippen MR) is 96.7 cm³/mol. The Morgan fingerprint density at radius 1 is 1.32 bits per heavy atom. The van der Waals surface area contributed by atoms with E-state index in [1.54, 1.807) is 32.0 Å². The Morgan fingerprint density at radius 3 is 2.79 bits per heavy atom. The highest BCUT2D eigenvalue weighted by molar-refractivity contribution is 5.95. The summed E-state index contributed by atoms with van der Waals surface area (Å²) in [5.74, 6) is -0.343. The predicted octanol–water partition coefficient (Wildman–Crippen LogP) is 2.18. The number of nitrogens with zero attached hydrogens (tertiary/aromatic N) is 1. The number of fused-ring (bicyclic) bond motifs is 1. The first-order valence-corrected chi connectivity index (χ1v) is 8.99. The van der Waals surface area contributed by atoms with E-state index < -0.39 is 24.0 Å². The van der Waals surface area contributed by atoms with Crippen molar-refractivity contribution >= 4 is 18.0 Å². The molecule has 3 rings (SSSR count). The van der Waals surface area contributed by atoms with Gasteiger partial charge in [0.05, 0.1) is 18.2 Å². The van der Waals surface area contributed by atoms with Crippen molar-refractivity contribution in [2.24, 2.45) is 0 Å². The van der Waals surface area contributed by atoms with E-state index >= 15 is 0 Å². The van der Waals surface area contributed by atoms with Gasteiger partial charge in [0, 0.05) is 18.7 Å². The lowest BCUT2D eigenvalue weighted by atomic mass is 9.94. The molecule has 150 valence electrons. The Kier molecular flexibility index (Phi) is 5.72. The van der Waals surface area contributed by atoms with Crippen molar-refractivity contribution in [1.82, 2.24) is 10.2 Å². The number of hydrogen-bond acceptors (Lipinski definition) is 6. The largest absolute Gasteiger partial charge is 0.481 e. The molecule has 9 heteroatoms. The number of esters is 1. The highest BCUT2D eigenvalue weighted by Gasteiger charge is 2.36. The average Bonchev–Trinajstić information content (AvgIpc) is 3.11. The monoisotopic (exact) mass is 390 g/mol. The minimum absolute atomic E-state index is 0.0720. The quantitative estimate of drug-likeness (QED) is 0.686. The van der Waals surface area contributed by atoms with E-state index in [2.05, 4.69) is 5.32 Å². The lowest BCUT2D eigenvalue weighted by Crippen LogP contribution is -2.48. The molecule has 2 aliphatic heterocycles. The second kappa shape index (κ2) is 8.20. The van der Waals surface area contributed by atoms with E-state index in [0.29, 0.717) is 28.3 Å². The maximum Gasteiger partial charge on any atom is 0.338 e. The summed E-state index contributed by atoms with van der Waals surface area (Å²) in [5, 5.41) is 11.6. The van der Waals surface area contributed by atoms with Gasteiger partial charge in [0.25, 0.3) is 0 Å². The van der Waals surface area contributed by atoms with Crippen LogP contribution >= 0.6 is 0 Å². The number of benzene rings is 1. The van der Waals surface area contributed by atoms with E-state index in [4.69, 9.17) is 19.3 Å². The molecule has 2 aliphatic rings. The third kappa shape index (κ3) is 3.88. The zero-order valence-corrected chi connectivity index (χ0v) is 15.7. The Hall–Kier alpha value is -3.23. The fourth-order valence-corrected chi connectivity index (χ4v) is 3.25. The summed E-state index contributed by atoms with van der Waals surface area (Å²) < 4.78 is 15.9. The van der Waals surface area contributed by atoms with Crippen LogP contribution in [0.25, 0.3) is 0 Å². The van der Waals surface area contributed by atoms with Crippen molar-refractivity contribution in [3.63, 3.8) is 0 Å². The van der Waals surface area contributed by atoms with Gasteiger partial charge >= 0.3 is 18.0 Å². The van der Waals surface area contributed by atoms with Crippen LogP contribution in [0.4, 0.5) is 4.79 Å². The number of carboxylic acid groups (broad SMARTS) is 1. The fraction of sp³-hybridized carbons (Fsp3) is 0.421. The summed E-state index contributed by atoms with van der Waals surface area (Å²) in [6.07, 6.45) is 0.197. The number of carbonyl (C=O) groups is 3. The summed E-state index contributed by atoms with van der Waals surface area (Å²) in [7, 11) is 0. The normalized spacial score (nSPS) is 18.1. The van der Waals surface area contributed by atoms with Gasteiger partial charge in [-0.1, -0.05) is 6.07 Å². The highest BCUT2D eigenvalue weighted by Crippen LogP contribution is 2.38. The van der Waals surface area contributed by atoms with Crippen molar-refractivity contribution in [1.29, 1.82) is 0 Å². The van der Waals surface area contributed by atoms with Gasteiger partial charge in [-0.15, -0.1) is 0 Å². The van der Waals surface area contributed by atoms with Crippen LogP contribution in [0.2, 0.25) is 0 Å². The maximum atomic E-state index is 12.7. The zero-order valence-electron chi connectivity index (χ0n) is 15.7.